The van der Waals surface area contributed by atoms with E-state index in [4.69, 9.17) is 24.9 Å². The van der Waals surface area contributed by atoms with Gasteiger partial charge in [-0.3, -0.25) is 4.98 Å². The molecule has 0 radical (unpaired) electrons. The SMILES string of the molecule is c1ccc(-c2cc(-c3ccccn3)nc(-c3cccc(-c4cccc(-c5ccccc5-c5nc(-c6ccccc6)nc(-c6ccccc6)n5)c4)n3)c2)cc1. The van der Waals surface area contributed by atoms with Crippen LogP contribution in [0.1, 0.15) is 0 Å². The Kier molecular flexibility index (Phi) is 8.81. The first-order valence-electron chi connectivity index (χ1n) is 17.8. The summed E-state index contributed by atoms with van der Waals surface area (Å²) in [5, 5.41) is 0. The molecule has 0 aliphatic rings. The van der Waals surface area contributed by atoms with Crippen molar-refractivity contribution in [2.75, 3.05) is 0 Å². The zero-order chi connectivity index (χ0) is 36.1. The van der Waals surface area contributed by atoms with Crippen LogP contribution in [0.5, 0.6) is 0 Å². The van der Waals surface area contributed by atoms with Crippen molar-refractivity contribution >= 4 is 0 Å². The van der Waals surface area contributed by atoms with Gasteiger partial charge in [0.2, 0.25) is 0 Å². The molecular formula is C48H32N6. The Morgan fingerprint density at radius 3 is 1.39 bits per heavy atom. The smallest absolute Gasteiger partial charge is 0.164 e. The van der Waals surface area contributed by atoms with Gasteiger partial charge in [0, 0.05) is 28.5 Å². The summed E-state index contributed by atoms with van der Waals surface area (Å²) in [6, 6.07) is 63.3. The van der Waals surface area contributed by atoms with E-state index in [0.717, 1.165) is 73.0 Å². The maximum absolute atomic E-state index is 5.17. The Morgan fingerprint density at radius 2 is 0.722 bits per heavy atom. The Morgan fingerprint density at radius 1 is 0.241 bits per heavy atom. The Balaban J connectivity index is 1.12. The van der Waals surface area contributed by atoms with Gasteiger partial charge in [0.25, 0.3) is 0 Å². The molecule has 5 aromatic carbocycles. The number of benzene rings is 5. The van der Waals surface area contributed by atoms with Gasteiger partial charge in [-0.05, 0) is 64.7 Å². The molecule has 54 heavy (non-hydrogen) atoms. The number of rotatable bonds is 8. The average Bonchev–Trinajstić information content (AvgIpc) is 3.27. The van der Waals surface area contributed by atoms with E-state index in [0.29, 0.717) is 17.5 Å². The highest BCUT2D eigenvalue weighted by Gasteiger charge is 2.17. The highest BCUT2D eigenvalue weighted by Crippen LogP contribution is 2.35. The molecule has 6 heteroatoms. The zero-order valence-electron chi connectivity index (χ0n) is 29.2. The molecule has 0 unspecified atom stereocenters. The monoisotopic (exact) mass is 692 g/mol. The van der Waals surface area contributed by atoms with Crippen LogP contribution in [0.3, 0.4) is 0 Å². The summed E-state index contributed by atoms with van der Waals surface area (Å²) < 4.78 is 0. The van der Waals surface area contributed by atoms with E-state index in [1.165, 1.54) is 0 Å². The number of nitrogens with zero attached hydrogens (tertiary/aromatic N) is 6. The van der Waals surface area contributed by atoms with E-state index in [9.17, 15) is 0 Å². The van der Waals surface area contributed by atoms with Crippen molar-refractivity contribution in [1.82, 2.24) is 29.9 Å². The molecule has 9 aromatic rings. The summed E-state index contributed by atoms with van der Waals surface area (Å²) in [4.78, 5) is 29.8. The Hall–Kier alpha value is -7.44. The molecule has 0 bridgehead atoms. The van der Waals surface area contributed by atoms with Crippen LogP contribution in [0, 0.1) is 0 Å². The molecule has 4 heterocycles. The van der Waals surface area contributed by atoms with Gasteiger partial charge in [0.05, 0.1) is 28.5 Å². The highest BCUT2D eigenvalue weighted by atomic mass is 15.0. The fourth-order valence-corrected chi connectivity index (χ4v) is 6.55. The van der Waals surface area contributed by atoms with E-state index in [1.54, 1.807) is 6.20 Å². The molecule has 254 valence electrons. The van der Waals surface area contributed by atoms with Gasteiger partial charge >= 0.3 is 0 Å². The topological polar surface area (TPSA) is 77.3 Å². The first kappa shape index (κ1) is 32.5. The van der Waals surface area contributed by atoms with E-state index in [2.05, 4.69) is 65.6 Å². The summed E-state index contributed by atoms with van der Waals surface area (Å²) in [5.41, 5.74) is 12.0. The molecule has 0 amide bonds. The van der Waals surface area contributed by atoms with E-state index >= 15 is 0 Å². The van der Waals surface area contributed by atoms with Gasteiger partial charge in [-0.1, -0.05) is 146 Å². The predicted molar refractivity (Wildman–Crippen MR) is 217 cm³/mol. The van der Waals surface area contributed by atoms with E-state index in [1.807, 2.05) is 127 Å². The number of pyridine rings is 3. The Bertz CT molecular complexity index is 2590. The number of hydrogen-bond acceptors (Lipinski definition) is 6. The molecule has 0 saturated carbocycles. The first-order valence-corrected chi connectivity index (χ1v) is 17.8. The van der Waals surface area contributed by atoms with Crippen LogP contribution in [-0.4, -0.2) is 29.9 Å². The summed E-state index contributed by atoms with van der Waals surface area (Å²) in [5.74, 6) is 1.86. The molecule has 0 spiro atoms. The van der Waals surface area contributed by atoms with Gasteiger partial charge in [-0.25, -0.2) is 24.9 Å². The van der Waals surface area contributed by atoms with Crippen molar-refractivity contribution in [3.05, 3.63) is 194 Å². The summed E-state index contributed by atoms with van der Waals surface area (Å²) in [6.45, 7) is 0. The highest BCUT2D eigenvalue weighted by molar-refractivity contribution is 5.84. The standard InChI is InChI=1S/C48H32N6/c1-4-16-33(17-5-1)38-31-44(42-26-12-13-29-49-42)51-45(32-38)43-28-15-27-41(50-43)37-23-14-22-36(30-37)39-24-10-11-25-40(39)48-53-46(34-18-6-2-7-19-34)52-47(54-48)35-20-8-3-9-21-35/h1-32H. The molecule has 4 aromatic heterocycles. The maximum Gasteiger partial charge on any atom is 0.164 e. The predicted octanol–water partition coefficient (Wildman–Crippen LogP) is 11.4. The van der Waals surface area contributed by atoms with Crippen LogP contribution >= 0.6 is 0 Å². The van der Waals surface area contributed by atoms with E-state index < -0.39 is 0 Å². The fourth-order valence-electron chi connectivity index (χ4n) is 6.55. The lowest BCUT2D eigenvalue weighted by Crippen LogP contribution is -2.01. The first-order chi connectivity index (χ1) is 26.7. The van der Waals surface area contributed by atoms with Crippen LogP contribution in [0.2, 0.25) is 0 Å². The lowest BCUT2D eigenvalue weighted by Gasteiger charge is -2.13. The molecule has 0 aliphatic heterocycles. The van der Waals surface area contributed by atoms with Gasteiger partial charge in [-0.2, -0.15) is 0 Å². The third-order valence-electron chi connectivity index (χ3n) is 9.21. The minimum absolute atomic E-state index is 0.608. The Labute approximate surface area is 313 Å². The van der Waals surface area contributed by atoms with Crippen molar-refractivity contribution < 1.29 is 0 Å². The van der Waals surface area contributed by atoms with Crippen molar-refractivity contribution in [2.45, 2.75) is 0 Å². The second-order valence-corrected chi connectivity index (χ2v) is 12.8. The molecular weight excluding hydrogens is 661 g/mol. The summed E-state index contributed by atoms with van der Waals surface area (Å²) in [7, 11) is 0. The van der Waals surface area contributed by atoms with Crippen LogP contribution in [0.4, 0.5) is 0 Å². The molecule has 0 atom stereocenters. The quantitative estimate of drug-likeness (QED) is 0.158. The average molecular weight is 693 g/mol. The molecule has 6 nitrogen and oxygen atoms in total. The molecule has 9 rings (SSSR count). The maximum atomic E-state index is 5.17. The van der Waals surface area contributed by atoms with Gasteiger partial charge in [0.15, 0.2) is 17.5 Å². The minimum atomic E-state index is 0.608. The number of hydrogen-bond donors (Lipinski definition) is 0. The van der Waals surface area contributed by atoms with Crippen LogP contribution in [-0.2, 0) is 0 Å². The van der Waals surface area contributed by atoms with Crippen LogP contribution in [0.25, 0.3) is 90.5 Å². The second-order valence-electron chi connectivity index (χ2n) is 12.8. The molecule has 0 fully saturated rings. The molecule has 0 saturated heterocycles. The van der Waals surface area contributed by atoms with Gasteiger partial charge in [-0.15, -0.1) is 0 Å². The third-order valence-corrected chi connectivity index (χ3v) is 9.21. The van der Waals surface area contributed by atoms with Gasteiger partial charge < -0.3 is 0 Å². The van der Waals surface area contributed by atoms with Crippen molar-refractivity contribution in [3.8, 4) is 90.5 Å². The largest absolute Gasteiger partial charge is 0.255 e. The summed E-state index contributed by atoms with van der Waals surface area (Å²) >= 11 is 0. The van der Waals surface area contributed by atoms with Crippen molar-refractivity contribution in [1.29, 1.82) is 0 Å². The van der Waals surface area contributed by atoms with Crippen molar-refractivity contribution in [2.24, 2.45) is 0 Å². The molecule has 0 aliphatic carbocycles. The number of aromatic nitrogens is 6. The normalized spacial score (nSPS) is 11.0. The zero-order valence-corrected chi connectivity index (χ0v) is 29.2. The van der Waals surface area contributed by atoms with E-state index in [-0.39, 0.29) is 0 Å². The fraction of sp³-hybridized carbons (Fsp3) is 0. The summed E-state index contributed by atoms with van der Waals surface area (Å²) in [6.07, 6.45) is 1.79. The van der Waals surface area contributed by atoms with Crippen LogP contribution in [0.15, 0.2) is 194 Å². The second kappa shape index (κ2) is 14.7. The van der Waals surface area contributed by atoms with Crippen molar-refractivity contribution in [3.63, 3.8) is 0 Å². The van der Waals surface area contributed by atoms with Gasteiger partial charge in [0.1, 0.15) is 0 Å². The lowest BCUT2D eigenvalue weighted by atomic mass is 9.96. The third kappa shape index (κ3) is 6.79. The van der Waals surface area contributed by atoms with Crippen LogP contribution < -0.4 is 0 Å². The lowest BCUT2D eigenvalue weighted by molar-refractivity contribution is 1.07. The molecule has 0 N–H and O–H groups in total. The minimum Gasteiger partial charge on any atom is -0.255 e.